The monoisotopic (exact) mass is 325 g/mol. The lowest BCUT2D eigenvalue weighted by atomic mass is 10.2. The van der Waals surface area contributed by atoms with Crippen molar-refractivity contribution in [2.45, 2.75) is 6.54 Å². The molecule has 0 heterocycles. The summed E-state index contributed by atoms with van der Waals surface area (Å²) in [4.78, 5) is 0. The Balaban J connectivity index is 2.39. The van der Waals surface area contributed by atoms with E-state index in [4.69, 9.17) is 16.3 Å². The molecule has 0 aliphatic heterocycles. The number of sulfonamides is 1. The number of anilines is 1. The van der Waals surface area contributed by atoms with E-state index < -0.39 is 10.0 Å². The van der Waals surface area contributed by atoms with E-state index in [0.717, 1.165) is 5.56 Å². The molecular formula is C15H16ClNO3S. The second kappa shape index (κ2) is 6.37. The van der Waals surface area contributed by atoms with Gasteiger partial charge >= 0.3 is 0 Å². The fraction of sp³-hybridized carbons (Fsp3) is 0.200. The van der Waals surface area contributed by atoms with Crippen molar-refractivity contribution in [2.24, 2.45) is 0 Å². The Morgan fingerprint density at radius 1 is 1.14 bits per heavy atom. The van der Waals surface area contributed by atoms with Gasteiger partial charge in [-0.05, 0) is 29.8 Å². The van der Waals surface area contributed by atoms with Crippen molar-refractivity contribution in [3.63, 3.8) is 0 Å². The summed E-state index contributed by atoms with van der Waals surface area (Å²) in [6.07, 6.45) is 1.18. The molecule has 0 aliphatic carbocycles. The first-order valence-electron chi connectivity index (χ1n) is 6.26. The second-order valence-corrected chi connectivity index (χ2v) is 6.94. The Labute approximate surface area is 130 Å². The fourth-order valence-corrected chi connectivity index (χ4v) is 3.06. The molecule has 2 rings (SSSR count). The first-order chi connectivity index (χ1) is 9.90. The Kier molecular flexibility index (Phi) is 4.75. The highest BCUT2D eigenvalue weighted by molar-refractivity contribution is 7.92. The van der Waals surface area contributed by atoms with Gasteiger partial charge < -0.3 is 4.74 Å². The van der Waals surface area contributed by atoms with Gasteiger partial charge in [0.15, 0.2) is 0 Å². The van der Waals surface area contributed by atoms with E-state index in [0.29, 0.717) is 16.5 Å². The van der Waals surface area contributed by atoms with Crippen molar-refractivity contribution in [2.75, 3.05) is 17.7 Å². The van der Waals surface area contributed by atoms with Crippen molar-refractivity contribution < 1.29 is 13.2 Å². The normalized spacial score (nSPS) is 11.2. The van der Waals surface area contributed by atoms with E-state index in [2.05, 4.69) is 0 Å². The van der Waals surface area contributed by atoms with Crippen LogP contribution in [0.25, 0.3) is 0 Å². The van der Waals surface area contributed by atoms with Gasteiger partial charge in [0.25, 0.3) is 0 Å². The summed E-state index contributed by atoms with van der Waals surface area (Å²) in [7, 11) is -1.88. The zero-order valence-corrected chi connectivity index (χ0v) is 13.4. The third-order valence-electron chi connectivity index (χ3n) is 2.96. The zero-order valence-electron chi connectivity index (χ0n) is 11.8. The molecule has 0 saturated carbocycles. The van der Waals surface area contributed by atoms with Gasteiger partial charge in [-0.1, -0.05) is 29.8 Å². The van der Waals surface area contributed by atoms with Crippen LogP contribution in [0.15, 0.2) is 48.5 Å². The lowest BCUT2D eigenvalue weighted by molar-refractivity contribution is 0.415. The maximum absolute atomic E-state index is 12.1. The number of hydrogen-bond donors (Lipinski definition) is 0. The van der Waals surface area contributed by atoms with Gasteiger partial charge in [-0.3, -0.25) is 4.31 Å². The standard InChI is InChI=1S/C15H16ClNO3S/c1-20-15-8-4-7-14(10-15)17(21(2,18)19)11-12-5-3-6-13(16)9-12/h3-10H,11H2,1-2H3. The van der Waals surface area contributed by atoms with Crippen LogP contribution in [0.2, 0.25) is 5.02 Å². The van der Waals surface area contributed by atoms with Crippen molar-refractivity contribution in [1.82, 2.24) is 0 Å². The van der Waals surface area contributed by atoms with Crippen molar-refractivity contribution in [1.29, 1.82) is 0 Å². The number of nitrogens with zero attached hydrogens (tertiary/aromatic N) is 1. The van der Waals surface area contributed by atoms with E-state index >= 15 is 0 Å². The fourth-order valence-electron chi connectivity index (χ4n) is 1.97. The third kappa shape index (κ3) is 4.12. The lowest BCUT2D eigenvalue weighted by Gasteiger charge is -2.23. The largest absolute Gasteiger partial charge is 0.497 e. The van der Waals surface area contributed by atoms with Crippen LogP contribution in [0.1, 0.15) is 5.56 Å². The van der Waals surface area contributed by atoms with Crippen molar-refractivity contribution in [3.05, 3.63) is 59.1 Å². The van der Waals surface area contributed by atoms with Crippen LogP contribution in [0.4, 0.5) is 5.69 Å². The summed E-state index contributed by atoms with van der Waals surface area (Å²) in [5.41, 5.74) is 1.37. The summed E-state index contributed by atoms with van der Waals surface area (Å²) in [5.74, 6) is 0.604. The maximum Gasteiger partial charge on any atom is 0.232 e. The summed E-state index contributed by atoms with van der Waals surface area (Å²) in [5, 5.41) is 0.576. The van der Waals surface area contributed by atoms with Crippen molar-refractivity contribution in [3.8, 4) is 5.75 Å². The van der Waals surface area contributed by atoms with Crippen LogP contribution >= 0.6 is 11.6 Å². The Morgan fingerprint density at radius 3 is 2.48 bits per heavy atom. The number of halogens is 1. The number of methoxy groups -OCH3 is 1. The molecule has 0 atom stereocenters. The van der Waals surface area contributed by atoms with E-state index in [1.54, 1.807) is 49.6 Å². The molecule has 2 aromatic rings. The molecule has 0 fully saturated rings. The average Bonchev–Trinajstić information content (AvgIpc) is 2.44. The maximum atomic E-state index is 12.1. The Morgan fingerprint density at radius 2 is 1.86 bits per heavy atom. The first-order valence-corrected chi connectivity index (χ1v) is 8.49. The van der Waals surface area contributed by atoms with Gasteiger partial charge in [-0.2, -0.15) is 0 Å². The average molecular weight is 326 g/mol. The molecule has 0 unspecified atom stereocenters. The molecule has 0 N–H and O–H groups in total. The number of hydrogen-bond acceptors (Lipinski definition) is 3. The van der Waals surface area contributed by atoms with Gasteiger partial charge in [-0.25, -0.2) is 8.42 Å². The van der Waals surface area contributed by atoms with E-state index in [-0.39, 0.29) is 6.54 Å². The molecule has 112 valence electrons. The molecule has 6 heteroatoms. The van der Waals surface area contributed by atoms with Gasteiger partial charge in [0.2, 0.25) is 10.0 Å². The molecule has 0 bridgehead atoms. The van der Waals surface area contributed by atoms with Gasteiger partial charge in [-0.15, -0.1) is 0 Å². The summed E-state index contributed by atoms with van der Waals surface area (Å²) >= 11 is 5.95. The highest BCUT2D eigenvalue weighted by atomic mass is 35.5. The molecule has 0 aromatic heterocycles. The molecular weight excluding hydrogens is 310 g/mol. The van der Waals surface area contributed by atoms with Crippen LogP contribution in [0.3, 0.4) is 0 Å². The highest BCUT2D eigenvalue weighted by Crippen LogP contribution is 2.25. The second-order valence-electron chi connectivity index (χ2n) is 4.60. The minimum Gasteiger partial charge on any atom is -0.497 e. The molecule has 0 spiro atoms. The lowest BCUT2D eigenvalue weighted by Crippen LogP contribution is -2.29. The highest BCUT2D eigenvalue weighted by Gasteiger charge is 2.18. The van der Waals surface area contributed by atoms with Crippen LogP contribution in [0, 0.1) is 0 Å². The first kappa shape index (κ1) is 15.7. The summed E-state index contributed by atoms with van der Waals surface area (Å²) in [6, 6.07) is 14.1. The predicted octanol–water partition coefficient (Wildman–Crippen LogP) is 3.31. The predicted molar refractivity (Wildman–Crippen MR) is 85.5 cm³/mol. The van der Waals surface area contributed by atoms with E-state index in [1.165, 1.54) is 10.6 Å². The van der Waals surface area contributed by atoms with Gasteiger partial charge in [0.1, 0.15) is 5.75 Å². The molecule has 0 radical (unpaired) electrons. The van der Waals surface area contributed by atoms with Crippen LogP contribution in [-0.4, -0.2) is 21.8 Å². The van der Waals surface area contributed by atoms with E-state index in [9.17, 15) is 8.42 Å². The number of ether oxygens (including phenoxy) is 1. The number of benzene rings is 2. The zero-order chi connectivity index (χ0) is 15.5. The van der Waals surface area contributed by atoms with Crippen LogP contribution in [0.5, 0.6) is 5.75 Å². The van der Waals surface area contributed by atoms with Crippen LogP contribution < -0.4 is 9.04 Å². The van der Waals surface area contributed by atoms with Crippen molar-refractivity contribution >= 4 is 27.3 Å². The molecule has 0 amide bonds. The summed E-state index contributed by atoms with van der Waals surface area (Å²) < 4.78 is 30.6. The van der Waals surface area contributed by atoms with Crippen LogP contribution in [-0.2, 0) is 16.6 Å². The topological polar surface area (TPSA) is 46.6 Å². The number of rotatable bonds is 5. The van der Waals surface area contributed by atoms with E-state index in [1.807, 2.05) is 6.07 Å². The molecule has 4 nitrogen and oxygen atoms in total. The summed E-state index contributed by atoms with van der Waals surface area (Å²) in [6.45, 7) is 0.215. The molecule has 2 aromatic carbocycles. The Hall–Kier alpha value is -1.72. The van der Waals surface area contributed by atoms with Gasteiger partial charge in [0.05, 0.1) is 25.6 Å². The quantitative estimate of drug-likeness (QED) is 0.847. The molecule has 0 saturated heterocycles. The third-order valence-corrected chi connectivity index (χ3v) is 4.33. The minimum atomic E-state index is -3.42. The minimum absolute atomic E-state index is 0.215. The van der Waals surface area contributed by atoms with Gasteiger partial charge in [0, 0.05) is 11.1 Å². The SMILES string of the molecule is COc1cccc(N(Cc2cccc(Cl)c2)S(C)(=O)=O)c1. The molecule has 21 heavy (non-hydrogen) atoms. The Bertz CT molecular complexity index is 731. The molecule has 0 aliphatic rings. The smallest absolute Gasteiger partial charge is 0.232 e.